The van der Waals surface area contributed by atoms with Gasteiger partial charge in [-0.25, -0.2) is 24.0 Å². The van der Waals surface area contributed by atoms with Crippen molar-refractivity contribution in [3.8, 4) is 0 Å². The molecule has 39 heavy (non-hydrogen) atoms. The normalized spacial score (nSPS) is 12.5. The summed E-state index contributed by atoms with van der Waals surface area (Å²) in [4.78, 5) is 41.2. The molecule has 0 spiro atoms. The van der Waals surface area contributed by atoms with Gasteiger partial charge in [0.05, 0.1) is 17.7 Å². The molecule has 3 aromatic rings. The maximum absolute atomic E-state index is 13.8. The Morgan fingerprint density at radius 1 is 1.18 bits per heavy atom. The average Bonchev–Trinajstić information content (AvgIpc) is 2.90. The summed E-state index contributed by atoms with van der Waals surface area (Å²) in [6, 6.07) is 7.59. The van der Waals surface area contributed by atoms with Crippen LogP contribution in [0, 0.1) is 11.6 Å². The molecule has 0 radical (unpaired) electrons. The van der Waals surface area contributed by atoms with Gasteiger partial charge in [-0.1, -0.05) is 23.7 Å². The van der Waals surface area contributed by atoms with Gasteiger partial charge in [0.2, 0.25) is 11.8 Å². The van der Waals surface area contributed by atoms with Crippen LogP contribution in [0.15, 0.2) is 48.7 Å². The fourth-order valence-corrected chi connectivity index (χ4v) is 3.70. The number of amides is 3. The molecular weight excluding hydrogens is 538 g/mol. The van der Waals surface area contributed by atoms with Crippen molar-refractivity contribution < 1.29 is 33.0 Å². The van der Waals surface area contributed by atoms with Crippen molar-refractivity contribution in [1.29, 1.82) is 0 Å². The largest absolute Gasteiger partial charge is 0.447 e. The monoisotopic (exact) mass is 564 g/mol. The number of aliphatic hydroxyl groups is 1. The molecule has 0 saturated heterocycles. The minimum Gasteiger partial charge on any atom is -0.447 e. The van der Waals surface area contributed by atoms with Gasteiger partial charge in [-0.15, -0.1) is 0 Å². The van der Waals surface area contributed by atoms with Crippen LogP contribution in [0.1, 0.15) is 12.5 Å². The number of rotatable bonds is 11. The number of ether oxygens (including phenoxy) is 1. The van der Waals surface area contributed by atoms with E-state index in [0.717, 1.165) is 5.01 Å². The molecule has 14 heteroatoms. The van der Waals surface area contributed by atoms with Crippen molar-refractivity contribution in [2.75, 3.05) is 25.1 Å². The van der Waals surface area contributed by atoms with Gasteiger partial charge >= 0.3 is 6.09 Å². The molecule has 0 bridgehead atoms. The highest BCUT2D eigenvalue weighted by molar-refractivity contribution is 6.31. The second kappa shape index (κ2) is 13.8. The topological polar surface area (TPSA) is 159 Å². The maximum atomic E-state index is 13.8. The third-order valence-corrected chi connectivity index (χ3v) is 5.97. The molecule has 0 aliphatic rings. The Kier molecular flexibility index (Phi) is 10.5. The van der Waals surface area contributed by atoms with E-state index in [4.69, 9.17) is 27.2 Å². The highest BCUT2D eigenvalue weighted by atomic mass is 35.5. The van der Waals surface area contributed by atoms with Crippen molar-refractivity contribution in [3.63, 3.8) is 0 Å². The number of nitrogens with zero attached hydrogens (tertiary/aromatic N) is 2. The number of fused-ring (bicyclic) bond motifs is 1. The number of anilines is 1. The molecule has 6 N–H and O–H groups in total. The highest BCUT2D eigenvalue weighted by Crippen LogP contribution is 2.20. The lowest BCUT2D eigenvalue weighted by Crippen LogP contribution is -2.56. The second-order valence-corrected chi connectivity index (χ2v) is 8.79. The van der Waals surface area contributed by atoms with Crippen LogP contribution in [0.5, 0.6) is 0 Å². The zero-order chi connectivity index (χ0) is 28.5. The van der Waals surface area contributed by atoms with Crippen molar-refractivity contribution in [3.05, 3.63) is 70.9 Å². The van der Waals surface area contributed by atoms with Crippen LogP contribution in [0.3, 0.4) is 0 Å². The van der Waals surface area contributed by atoms with E-state index in [2.05, 4.69) is 21.0 Å². The Hall–Kier alpha value is -3.91. The van der Waals surface area contributed by atoms with E-state index in [0.29, 0.717) is 16.3 Å². The van der Waals surface area contributed by atoms with E-state index >= 15 is 0 Å². The lowest BCUT2D eigenvalue weighted by atomic mass is 10.2. The number of pyridine rings is 1. The van der Waals surface area contributed by atoms with Crippen LogP contribution < -0.4 is 21.8 Å². The van der Waals surface area contributed by atoms with Crippen LogP contribution in [0.2, 0.25) is 5.02 Å². The molecular formula is C25H27ClF2N6O5. The molecule has 1 heterocycles. The number of nitrogens with one attached hydrogen (secondary N) is 3. The first kappa shape index (κ1) is 29.6. The summed E-state index contributed by atoms with van der Waals surface area (Å²) < 4.78 is 32.6. The van der Waals surface area contributed by atoms with E-state index in [1.165, 1.54) is 43.5 Å². The van der Waals surface area contributed by atoms with Gasteiger partial charge in [-0.3, -0.25) is 19.9 Å². The summed E-state index contributed by atoms with van der Waals surface area (Å²) in [5, 5.41) is 16.1. The van der Waals surface area contributed by atoms with Crippen molar-refractivity contribution >= 4 is 46.1 Å². The van der Waals surface area contributed by atoms with E-state index in [9.17, 15) is 23.2 Å². The zero-order valence-corrected chi connectivity index (χ0v) is 21.5. The number of nitrogens with two attached hydrogens (primary N) is 1. The van der Waals surface area contributed by atoms with Crippen molar-refractivity contribution in [2.24, 2.45) is 5.73 Å². The number of benzene rings is 2. The predicted octanol–water partition coefficient (Wildman–Crippen LogP) is 2.07. The minimum atomic E-state index is -1.21. The van der Waals surface area contributed by atoms with Crippen LogP contribution in [-0.2, 0) is 20.9 Å². The molecule has 0 fully saturated rings. The summed E-state index contributed by atoms with van der Waals surface area (Å²) >= 11 is 6.00. The van der Waals surface area contributed by atoms with Crippen LogP contribution in [0.25, 0.3) is 10.8 Å². The number of halogens is 3. The number of carbonyl (C=O) groups is 3. The summed E-state index contributed by atoms with van der Waals surface area (Å²) in [5.74, 6) is -2.22. The maximum Gasteiger partial charge on any atom is 0.412 e. The Balaban J connectivity index is 1.71. The van der Waals surface area contributed by atoms with E-state index in [-0.39, 0.29) is 23.9 Å². The molecule has 3 rings (SSSR count). The summed E-state index contributed by atoms with van der Waals surface area (Å²) in [5.41, 5.74) is 8.69. The molecule has 0 aliphatic carbocycles. The quantitative estimate of drug-likeness (QED) is 0.221. The number of hydrogen-bond donors (Lipinski definition) is 5. The molecule has 3 amide bonds. The SMILES string of the molecule is CC(=O)N(NCc1cccc(F)c1Cl)[C@@H](CNC(=O)C(N)CO)COC(=O)Nc1cc2cc(F)ccc2cn1. The van der Waals surface area contributed by atoms with Gasteiger partial charge in [0.25, 0.3) is 0 Å². The molecule has 2 atom stereocenters. The third-order valence-electron chi connectivity index (χ3n) is 5.54. The van der Waals surface area contributed by atoms with Crippen LogP contribution in [-0.4, -0.2) is 64.8 Å². The standard InChI is InChI=1S/C25H27ClF2N6O5/c1-14(36)34(32-10-16-3-2-4-20(28)23(16)26)19(11-31-24(37)21(29)12-35)13-39-25(38)33-22-8-17-7-18(27)6-5-15(17)9-30-22/h2-9,19,21,32,35H,10-13,29H2,1H3,(H,31,37)(H,30,33,38)/t19-,21?/m0/s1. The molecule has 0 saturated carbocycles. The first-order valence-corrected chi connectivity index (χ1v) is 12.1. The van der Waals surface area contributed by atoms with Crippen LogP contribution >= 0.6 is 11.6 Å². The number of aliphatic hydroxyl groups excluding tert-OH is 1. The molecule has 2 aromatic carbocycles. The zero-order valence-electron chi connectivity index (χ0n) is 20.8. The van der Waals surface area contributed by atoms with Crippen molar-refractivity contribution in [1.82, 2.24) is 20.7 Å². The smallest absolute Gasteiger partial charge is 0.412 e. The minimum absolute atomic E-state index is 0.0689. The van der Waals surface area contributed by atoms with E-state index < -0.39 is 54.8 Å². The number of hydrogen-bond acceptors (Lipinski definition) is 8. The summed E-state index contributed by atoms with van der Waals surface area (Å²) in [6.07, 6.45) is 0.518. The molecule has 208 valence electrons. The predicted molar refractivity (Wildman–Crippen MR) is 139 cm³/mol. The highest BCUT2D eigenvalue weighted by Gasteiger charge is 2.25. The van der Waals surface area contributed by atoms with E-state index in [1.54, 1.807) is 12.1 Å². The first-order chi connectivity index (χ1) is 18.6. The Labute approximate surface area is 227 Å². The summed E-state index contributed by atoms with van der Waals surface area (Å²) in [7, 11) is 0. The van der Waals surface area contributed by atoms with Gasteiger partial charge in [0.15, 0.2) is 0 Å². The number of hydrazine groups is 1. The van der Waals surface area contributed by atoms with Gasteiger partial charge in [-0.2, -0.15) is 0 Å². The Morgan fingerprint density at radius 3 is 2.67 bits per heavy atom. The van der Waals surface area contributed by atoms with Crippen LogP contribution in [0.4, 0.5) is 19.4 Å². The van der Waals surface area contributed by atoms with Gasteiger partial charge in [0, 0.05) is 31.6 Å². The number of carbonyl (C=O) groups excluding carboxylic acids is 3. The summed E-state index contributed by atoms with van der Waals surface area (Å²) in [6.45, 7) is -0.0824. The average molecular weight is 565 g/mol. The molecule has 1 aromatic heterocycles. The Bertz CT molecular complexity index is 1350. The fourth-order valence-electron chi connectivity index (χ4n) is 3.50. The second-order valence-electron chi connectivity index (χ2n) is 8.41. The lowest BCUT2D eigenvalue weighted by molar-refractivity contribution is -0.137. The molecule has 1 unspecified atom stereocenters. The van der Waals surface area contributed by atoms with Gasteiger partial charge < -0.3 is 20.9 Å². The Morgan fingerprint density at radius 2 is 1.95 bits per heavy atom. The van der Waals surface area contributed by atoms with E-state index in [1.807, 2.05) is 0 Å². The molecule has 0 aliphatic heterocycles. The first-order valence-electron chi connectivity index (χ1n) is 11.7. The number of aromatic nitrogens is 1. The fraction of sp³-hybridized carbons (Fsp3) is 0.280. The lowest BCUT2D eigenvalue weighted by Gasteiger charge is -2.31. The van der Waals surface area contributed by atoms with Gasteiger partial charge in [-0.05, 0) is 41.3 Å². The third kappa shape index (κ3) is 8.29. The molecule has 11 nitrogen and oxygen atoms in total. The van der Waals surface area contributed by atoms with Crippen molar-refractivity contribution in [2.45, 2.75) is 25.6 Å². The van der Waals surface area contributed by atoms with Gasteiger partial charge in [0.1, 0.15) is 30.1 Å².